The number of aromatic nitrogens is 1. The van der Waals surface area contributed by atoms with Gasteiger partial charge in [-0.05, 0) is 35.6 Å². The van der Waals surface area contributed by atoms with E-state index < -0.39 is 0 Å². The summed E-state index contributed by atoms with van der Waals surface area (Å²) in [6.45, 7) is 0.842. The Hall–Kier alpha value is -1.77. The van der Waals surface area contributed by atoms with Gasteiger partial charge < -0.3 is 4.90 Å². The molecule has 2 heterocycles. The maximum absolute atomic E-state index is 6.21. The van der Waals surface area contributed by atoms with Crippen molar-refractivity contribution >= 4 is 13.7 Å². The minimum atomic E-state index is 0.0137. The second-order valence-corrected chi connectivity index (χ2v) is 4.36. The van der Waals surface area contributed by atoms with Crippen molar-refractivity contribution < 1.29 is 0 Å². The van der Waals surface area contributed by atoms with E-state index in [1.54, 1.807) is 0 Å². The first kappa shape index (κ1) is 10.4. The largest absolute Gasteiger partial charge is 0.358 e. The normalized spacial score (nSPS) is 18.8. The topological polar surface area (TPSA) is 16.1 Å². The van der Waals surface area contributed by atoms with Gasteiger partial charge in [-0.25, -0.2) is 4.98 Å². The van der Waals surface area contributed by atoms with Crippen LogP contribution in [0.1, 0.15) is 11.1 Å². The fourth-order valence-corrected chi connectivity index (χ4v) is 2.32. The van der Waals surface area contributed by atoms with Crippen molar-refractivity contribution in [2.24, 2.45) is 0 Å². The summed E-state index contributed by atoms with van der Waals surface area (Å²) in [5.41, 5.74) is 2.70. The van der Waals surface area contributed by atoms with Crippen molar-refractivity contribution in [3.05, 3.63) is 59.8 Å². The Kier molecular flexibility index (Phi) is 2.60. The average Bonchev–Trinajstić information content (AvgIpc) is 2.39. The van der Waals surface area contributed by atoms with E-state index in [9.17, 15) is 0 Å². The zero-order valence-corrected chi connectivity index (χ0v) is 9.58. The maximum Gasteiger partial charge on any atom is 0.128 e. The van der Waals surface area contributed by atoms with Gasteiger partial charge in [0.15, 0.2) is 0 Å². The first-order valence-corrected chi connectivity index (χ1v) is 5.84. The zero-order valence-electron chi connectivity index (χ0n) is 9.58. The van der Waals surface area contributed by atoms with Crippen LogP contribution in [0.3, 0.4) is 0 Å². The molecule has 0 aliphatic carbocycles. The summed E-state index contributed by atoms with van der Waals surface area (Å²) in [5, 5.41) is 0. The molecule has 17 heavy (non-hydrogen) atoms. The highest BCUT2D eigenvalue weighted by molar-refractivity contribution is 6.13. The molecule has 0 saturated heterocycles. The highest BCUT2D eigenvalue weighted by Crippen LogP contribution is 2.25. The molecule has 2 radical (unpaired) electrons. The molecule has 1 aromatic carbocycles. The van der Waals surface area contributed by atoms with E-state index in [0.29, 0.717) is 0 Å². The molecule has 2 aromatic rings. The van der Waals surface area contributed by atoms with Gasteiger partial charge in [-0.2, -0.15) is 0 Å². The van der Waals surface area contributed by atoms with E-state index in [-0.39, 0.29) is 5.94 Å². The lowest BCUT2D eigenvalue weighted by atomic mass is 9.83. The minimum absolute atomic E-state index is 0.0137. The third-order valence-corrected chi connectivity index (χ3v) is 3.23. The van der Waals surface area contributed by atoms with Crippen molar-refractivity contribution in [2.45, 2.75) is 18.9 Å². The van der Waals surface area contributed by atoms with Crippen LogP contribution >= 0.6 is 0 Å². The zero-order chi connectivity index (χ0) is 11.7. The first-order valence-electron chi connectivity index (χ1n) is 5.84. The Bertz CT molecular complexity index is 513. The lowest BCUT2D eigenvalue weighted by Gasteiger charge is -2.36. The van der Waals surface area contributed by atoms with Gasteiger partial charge in [0.2, 0.25) is 0 Å². The number of hydrogen-bond acceptors (Lipinski definition) is 2. The average molecular weight is 220 g/mol. The summed E-state index contributed by atoms with van der Waals surface area (Å²) >= 11 is 0. The van der Waals surface area contributed by atoms with Crippen molar-refractivity contribution in [1.29, 1.82) is 0 Å². The van der Waals surface area contributed by atoms with Crippen LogP contribution in [0, 0.1) is 0 Å². The molecule has 3 heteroatoms. The SMILES string of the molecule is [B][C@@H]1Cc2ccccc2CN1c1ccccn1. The Morgan fingerprint density at radius 2 is 1.82 bits per heavy atom. The molecule has 1 aromatic heterocycles. The minimum Gasteiger partial charge on any atom is -0.358 e. The van der Waals surface area contributed by atoms with Crippen LogP contribution in [-0.2, 0) is 13.0 Å². The molecule has 0 fully saturated rings. The molecule has 0 bridgehead atoms. The summed E-state index contributed by atoms with van der Waals surface area (Å²) in [4.78, 5) is 6.53. The van der Waals surface area contributed by atoms with Crippen LogP contribution in [-0.4, -0.2) is 18.8 Å². The predicted octanol–water partition coefficient (Wildman–Crippen LogP) is 2.14. The van der Waals surface area contributed by atoms with Gasteiger partial charge in [-0.1, -0.05) is 30.3 Å². The molecule has 0 spiro atoms. The summed E-state index contributed by atoms with van der Waals surface area (Å²) in [5.74, 6) is 0.967. The van der Waals surface area contributed by atoms with Crippen LogP contribution in [0.4, 0.5) is 5.82 Å². The molecule has 82 valence electrons. The van der Waals surface area contributed by atoms with Gasteiger partial charge in [-0.3, -0.25) is 0 Å². The summed E-state index contributed by atoms with van der Waals surface area (Å²) in [6, 6.07) is 14.4. The molecular weight excluding hydrogens is 207 g/mol. The smallest absolute Gasteiger partial charge is 0.128 e. The van der Waals surface area contributed by atoms with E-state index >= 15 is 0 Å². The molecule has 1 atom stereocenters. The number of nitrogens with zero attached hydrogens (tertiary/aromatic N) is 2. The van der Waals surface area contributed by atoms with E-state index in [2.05, 4.69) is 34.1 Å². The van der Waals surface area contributed by atoms with Crippen LogP contribution in [0.5, 0.6) is 0 Å². The van der Waals surface area contributed by atoms with E-state index in [4.69, 9.17) is 7.85 Å². The molecular formula is C14H13BN2. The van der Waals surface area contributed by atoms with Gasteiger partial charge >= 0.3 is 0 Å². The molecule has 0 N–H and O–H groups in total. The van der Waals surface area contributed by atoms with Crippen LogP contribution in [0.15, 0.2) is 48.7 Å². The predicted molar refractivity (Wildman–Crippen MR) is 70.1 cm³/mol. The number of benzene rings is 1. The number of fused-ring (bicyclic) bond motifs is 1. The molecule has 1 aliphatic heterocycles. The lowest BCUT2D eigenvalue weighted by molar-refractivity contribution is 0.674. The number of anilines is 1. The fourth-order valence-electron chi connectivity index (χ4n) is 2.32. The van der Waals surface area contributed by atoms with Crippen LogP contribution < -0.4 is 4.90 Å². The van der Waals surface area contributed by atoms with Gasteiger partial charge in [0.1, 0.15) is 5.82 Å². The second-order valence-electron chi connectivity index (χ2n) is 4.36. The Morgan fingerprint density at radius 1 is 1.06 bits per heavy atom. The molecule has 1 aliphatic rings. The molecule has 0 unspecified atom stereocenters. The Labute approximate surface area is 103 Å². The third kappa shape index (κ3) is 1.93. The number of hydrogen-bond donors (Lipinski definition) is 0. The quantitative estimate of drug-likeness (QED) is 0.684. The van der Waals surface area contributed by atoms with Gasteiger partial charge in [-0.15, -0.1) is 0 Å². The standard InChI is InChI=1S/C14H13BN2/c15-13-9-11-5-1-2-6-12(11)10-17(13)14-7-3-4-8-16-14/h1-8,13H,9-10H2/t13-/m0/s1. The Balaban J connectivity index is 1.95. The fraction of sp³-hybridized carbons (Fsp3) is 0.214. The maximum atomic E-state index is 6.21. The summed E-state index contributed by atoms with van der Waals surface area (Å²) < 4.78 is 0. The summed E-state index contributed by atoms with van der Waals surface area (Å²) in [7, 11) is 6.21. The van der Waals surface area contributed by atoms with E-state index in [0.717, 1.165) is 18.8 Å². The van der Waals surface area contributed by atoms with Gasteiger partial charge in [0.25, 0.3) is 0 Å². The highest BCUT2D eigenvalue weighted by atomic mass is 15.2. The number of rotatable bonds is 1. The first-order chi connectivity index (χ1) is 8.34. The van der Waals surface area contributed by atoms with Crippen molar-refractivity contribution in [3.8, 4) is 0 Å². The molecule has 3 rings (SSSR count). The lowest BCUT2D eigenvalue weighted by Crippen LogP contribution is -2.41. The highest BCUT2D eigenvalue weighted by Gasteiger charge is 2.22. The Morgan fingerprint density at radius 3 is 2.59 bits per heavy atom. The molecule has 0 saturated carbocycles. The van der Waals surface area contributed by atoms with Crippen molar-refractivity contribution in [3.63, 3.8) is 0 Å². The summed E-state index contributed by atoms with van der Waals surface area (Å²) in [6.07, 6.45) is 2.69. The van der Waals surface area contributed by atoms with Gasteiger partial charge in [0, 0.05) is 12.7 Å². The van der Waals surface area contributed by atoms with Gasteiger partial charge in [0.05, 0.1) is 7.85 Å². The van der Waals surface area contributed by atoms with Crippen molar-refractivity contribution in [1.82, 2.24) is 4.98 Å². The van der Waals surface area contributed by atoms with Crippen LogP contribution in [0.25, 0.3) is 0 Å². The molecule has 0 amide bonds. The third-order valence-electron chi connectivity index (χ3n) is 3.23. The van der Waals surface area contributed by atoms with E-state index in [1.165, 1.54) is 11.1 Å². The second kappa shape index (κ2) is 4.25. The van der Waals surface area contributed by atoms with E-state index in [1.807, 2.05) is 24.4 Å². The van der Waals surface area contributed by atoms with Crippen LogP contribution in [0.2, 0.25) is 0 Å². The monoisotopic (exact) mass is 220 g/mol. The van der Waals surface area contributed by atoms with Crippen molar-refractivity contribution in [2.75, 3.05) is 4.90 Å². The molecule has 2 nitrogen and oxygen atoms in total. The number of pyridine rings is 1.